The maximum Gasteiger partial charge on any atom is 0.252 e. The molecule has 4 N–H and O–H groups in total. The summed E-state index contributed by atoms with van der Waals surface area (Å²) < 4.78 is 24.5. The number of benzene rings is 3. The van der Waals surface area contributed by atoms with E-state index in [9.17, 15) is 19.4 Å². The molecule has 0 spiro atoms. The first-order valence-electron chi connectivity index (χ1n) is 8.70. The van der Waals surface area contributed by atoms with Crippen LogP contribution in [0.3, 0.4) is 0 Å². The van der Waals surface area contributed by atoms with E-state index in [0.29, 0.717) is 28.0 Å². The Labute approximate surface area is 166 Å². The van der Waals surface area contributed by atoms with Crippen molar-refractivity contribution in [2.45, 2.75) is 6.42 Å². The van der Waals surface area contributed by atoms with Crippen LogP contribution in [0.5, 0.6) is 23.0 Å². The van der Waals surface area contributed by atoms with Crippen LogP contribution in [-0.4, -0.2) is 30.3 Å². The van der Waals surface area contributed by atoms with Crippen LogP contribution >= 0.6 is 0 Å². The van der Waals surface area contributed by atoms with E-state index in [1.807, 2.05) is 0 Å². The van der Waals surface area contributed by atoms with E-state index in [1.165, 1.54) is 44.6 Å². The van der Waals surface area contributed by atoms with Gasteiger partial charge in [-0.1, -0.05) is 18.2 Å². The van der Waals surface area contributed by atoms with E-state index in [0.717, 1.165) is 0 Å². The number of carbonyl (C=O) groups excluding carboxylic acids is 1. The molecule has 0 radical (unpaired) electrons. The number of phenolic OH excluding ortho intramolecular Hbond substituents is 2. The molecule has 0 aliphatic heterocycles. The normalized spacial score (nSPS) is 10.6. The van der Waals surface area contributed by atoms with Crippen molar-refractivity contribution in [3.8, 4) is 34.1 Å². The number of amides is 1. The van der Waals surface area contributed by atoms with Crippen molar-refractivity contribution in [1.29, 1.82) is 0 Å². The number of hydrogen-bond donors (Lipinski definition) is 3. The van der Waals surface area contributed by atoms with Crippen molar-refractivity contribution >= 4 is 5.91 Å². The Morgan fingerprint density at radius 3 is 2.21 bits per heavy atom. The molecule has 0 aromatic heterocycles. The van der Waals surface area contributed by atoms with E-state index >= 15 is 0 Å². The summed E-state index contributed by atoms with van der Waals surface area (Å²) in [7, 11) is 2.87. The van der Waals surface area contributed by atoms with Gasteiger partial charge < -0.3 is 25.4 Å². The van der Waals surface area contributed by atoms with Crippen molar-refractivity contribution in [2.75, 3.05) is 14.2 Å². The van der Waals surface area contributed by atoms with Crippen molar-refractivity contribution in [2.24, 2.45) is 5.73 Å². The Balaban J connectivity index is 2.28. The minimum atomic E-state index is -0.705. The average Bonchev–Trinajstić information content (AvgIpc) is 2.69. The fraction of sp³-hybridized carbons (Fsp3) is 0.136. The number of ether oxygens (including phenoxy) is 2. The highest BCUT2D eigenvalue weighted by molar-refractivity contribution is 5.99. The highest BCUT2D eigenvalue weighted by Gasteiger charge is 2.24. The highest BCUT2D eigenvalue weighted by atomic mass is 19.1. The minimum Gasteiger partial charge on any atom is -0.508 e. The first-order valence-corrected chi connectivity index (χ1v) is 8.70. The van der Waals surface area contributed by atoms with Gasteiger partial charge in [0, 0.05) is 23.6 Å². The number of methoxy groups -OCH3 is 2. The molecule has 6 nitrogen and oxygen atoms in total. The van der Waals surface area contributed by atoms with Gasteiger partial charge in [-0.3, -0.25) is 4.79 Å². The lowest BCUT2D eigenvalue weighted by Gasteiger charge is -2.20. The van der Waals surface area contributed by atoms with Crippen LogP contribution in [0.15, 0.2) is 48.5 Å². The second-order valence-electron chi connectivity index (χ2n) is 6.38. The second-order valence-corrected chi connectivity index (χ2v) is 6.38. The monoisotopic (exact) mass is 397 g/mol. The molecule has 0 fully saturated rings. The molecule has 0 unspecified atom stereocenters. The van der Waals surface area contributed by atoms with Crippen molar-refractivity contribution in [3.05, 3.63) is 71.0 Å². The molecule has 3 aromatic carbocycles. The number of halogens is 1. The van der Waals surface area contributed by atoms with Gasteiger partial charge in [0.1, 0.15) is 28.8 Å². The zero-order valence-corrected chi connectivity index (χ0v) is 15.9. The van der Waals surface area contributed by atoms with Gasteiger partial charge in [-0.05, 0) is 35.4 Å². The molecule has 3 rings (SSSR count). The van der Waals surface area contributed by atoms with Crippen LogP contribution in [-0.2, 0) is 6.42 Å². The molecule has 7 heteroatoms. The zero-order chi connectivity index (χ0) is 21.1. The molecule has 29 heavy (non-hydrogen) atoms. The van der Waals surface area contributed by atoms with E-state index in [2.05, 4.69) is 0 Å². The molecule has 0 saturated heterocycles. The summed E-state index contributed by atoms with van der Waals surface area (Å²) in [5.41, 5.74) is 7.78. The van der Waals surface area contributed by atoms with Crippen LogP contribution in [0, 0.1) is 5.82 Å². The van der Waals surface area contributed by atoms with Gasteiger partial charge >= 0.3 is 0 Å². The molecule has 1 amide bonds. The number of hydrogen-bond acceptors (Lipinski definition) is 5. The number of nitrogens with two attached hydrogens (primary N) is 1. The quantitative estimate of drug-likeness (QED) is 0.590. The molecule has 0 aliphatic carbocycles. The first kappa shape index (κ1) is 20.0. The summed E-state index contributed by atoms with van der Waals surface area (Å²) in [5, 5.41) is 19.7. The molecule has 0 saturated carbocycles. The van der Waals surface area contributed by atoms with Gasteiger partial charge in [-0.25, -0.2) is 4.39 Å². The SMILES string of the molecule is COc1c(C(N)=O)cc(-c2ccc(F)cc2)c(OC)c1Cc1ccc(O)cc1O. The first-order chi connectivity index (χ1) is 13.8. The number of rotatable bonds is 6. The molecule has 0 heterocycles. The van der Waals surface area contributed by atoms with Crippen LogP contribution in [0.1, 0.15) is 21.5 Å². The topological polar surface area (TPSA) is 102 Å². The molecular weight excluding hydrogens is 377 g/mol. The van der Waals surface area contributed by atoms with Gasteiger partial charge in [-0.15, -0.1) is 0 Å². The number of phenols is 2. The molecular formula is C22H20FNO5. The van der Waals surface area contributed by atoms with E-state index in [4.69, 9.17) is 15.2 Å². The van der Waals surface area contributed by atoms with Crippen LogP contribution in [0.2, 0.25) is 0 Å². The van der Waals surface area contributed by atoms with Crippen molar-refractivity contribution in [1.82, 2.24) is 0 Å². The fourth-order valence-corrected chi connectivity index (χ4v) is 3.25. The molecule has 0 atom stereocenters. The Hall–Kier alpha value is -3.74. The average molecular weight is 397 g/mol. The largest absolute Gasteiger partial charge is 0.508 e. The lowest BCUT2D eigenvalue weighted by molar-refractivity contribution is 0.0997. The van der Waals surface area contributed by atoms with Gasteiger partial charge in [-0.2, -0.15) is 0 Å². The summed E-state index contributed by atoms with van der Waals surface area (Å²) in [5.74, 6) is -0.696. The number of primary amides is 1. The van der Waals surface area contributed by atoms with Crippen molar-refractivity contribution < 1.29 is 28.9 Å². The summed E-state index contributed by atoms with van der Waals surface area (Å²) in [6, 6.07) is 11.5. The van der Waals surface area contributed by atoms with Crippen molar-refractivity contribution in [3.63, 3.8) is 0 Å². The molecule has 3 aromatic rings. The van der Waals surface area contributed by atoms with Gasteiger partial charge in [0.2, 0.25) is 0 Å². The maximum absolute atomic E-state index is 13.4. The molecule has 0 aliphatic rings. The Kier molecular flexibility index (Phi) is 5.59. The van der Waals surface area contributed by atoms with Crippen LogP contribution in [0.25, 0.3) is 11.1 Å². The minimum absolute atomic E-state index is 0.0805. The van der Waals surface area contributed by atoms with Gasteiger partial charge in [0.25, 0.3) is 5.91 Å². The predicted octanol–water partition coefficient (Wildman–Crippen LogP) is 3.61. The van der Waals surface area contributed by atoms with E-state index in [1.54, 1.807) is 18.2 Å². The second kappa shape index (κ2) is 8.10. The molecule has 150 valence electrons. The zero-order valence-electron chi connectivity index (χ0n) is 15.9. The highest BCUT2D eigenvalue weighted by Crippen LogP contribution is 2.43. The third-order valence-corrected chi connectivity index (χ3v) is 4.59. The third kappa shape index (κ3) is 3.94. The Morgan fingerprint density at radius 1 is 1.00 bits per heavy atom. The number of aromatic hydroxyl groups is 2. The number of carbonyl (C=O) groups is 1. The Bertz CT molecular complexity index is 1060. The maximum atomic E-state index is 13.4. The van der Waals surface area contributed by atoms with E-state index < -0.39 is 11.7 Å². The third-order valence-electron chi connectivity index (χ3n) is 4.59. The predicted molar refractivity (Wildman–Crippen MR) is 106 cm³/mol. The standard InChI is InChI=1S/C22H20FNO5/c1-28-20-16(12-3-6-14(23)7-4-12)11-18(22(24)27)21(29-2)17(20)9-13-5-8-15(25)10-19(13)26/h3-8,10-11,25-26H,9H2,1-2H3,(H2,24,27). The summed E-state index contributed by atoms with van der Waals surface area (Å²) in [6.45, 7) is 0. The lowest BCUT2D eigenvalue weighted by Crippen LogP contribution is -2.15. The lowest BCUT2D eigenvalue weighted by atomic mass is 9.92. The smallest absolute Gasteiger partial charge is 0.252 e. The van der Waals surface area contributed by atoms with Crippen LogP contribution < -0.4 is 15.2 Å². The van der Waals surface area contributed by atoms with Gasteiger partial charge in [0.15, 0.2) is 0 Å². The fourth-order valence-electron chi connectivity index (χ4n) is 3.25. The summed E-state index contributed by atoms with van der Waals surface area (Å²) in [4.78, 5) is 12.1. The van der Waals surface area contributed by atoms with Crippen LogP contribution in [0.4, 0.5) is 4.39 Å². The molecule has 0 bridgehead atoms. The van der Waals surface area contributed by atoms with E-state index in [-0.39, 0.29) is 29.2 Å². The Morgan fingerprint density at radius 2 is 1.66 bits per heavy atom. The summed E-state index contributed by atoms with van der Waals surface area (Å²) >= 11 is 0. The summed E-state index contributed by atoms with van der Waals surface area (Å²) in [6.07, 6.45) is 0.133. The van der Waals surface area contributed by atoms with Gasteiger partial charge in [0.05, 0.1) is 19.8 Å².